The Morgan fingerprint density at radius 3 is 1.84 bits per heavy atom. The van der Waals surface area contributed by atoms with E-state index in [0.717, 1.165) is 74.0 Å². The van der Waals surface area contributed by atoms with Gasteiger partial charge in [0.1, 0.15) is 22.4 Å². The molecule has 5 aliphatic rings. The Bertz CT molecular complexity index is 4230. The van der Waals surface area contributed by atoms with Gasteiger partial charge in [-0.05, 0) is 133 Å². The summed E-state index contributed by atoms with van der Waals surface area (Å²) in [5.41, 5.74) is 26.4. The molecule has 0 radical (unpaired) electrons. The van der Waals surface area contributed by atoms with Gasteiger partial charge >= 0.3 is 6.85 Å². The summed E-state index contributed by atoms with van der Waals surface area (Å²) in [4.78, 5) is 5.29. The number of fused-ring (bicyclic) bond motifs is 20. The van der Waals surface area contributed by atoms with Gasteiger partial charge in [0.05, 0.1) is 16.8 Å². The molecule has 5 heteroatoms. The quantitative estimate of drug-likeness (QED) is 0.162. The molecular weight excluding hydrogens is 900 g/mol. The molecule has 356 valence electrons. The van der Waals surface area contributed by atoms with Crippen LogP contribution in [0.3, 0.4) is 0 Å². The van der Waals surface area contributed by atoms with Gasteiger partial charge in [-0.1, -0.05) is 188 Å². The minimum atomic E-state index is -0.583. The molecule has 4 nitrogen and oxygen atoms in total. The molecule has 1 spiro atoms. The van der Waals surface area contributed by atoms with Crippen LogP contribution in [0.1, 0.15) is 100 Å². The van der Waals surface area contributed by atoms with Crippen molar-refractivity contribution in [3.8, 4) is 33.4 Å². The molecule has 0 amide bonds. The molecule has 0 fully saturated rings. The monoisotopic (exact) mass is 954 g/mol. The number of hydrogen-bond acceptors (Lipinski definition) is 4. The zero-order valence-electron chi connectivity index (χ0n) is 43.0. The van der Waals surface area contributed by atoms with E-state index in [1.54, 1.807) is 0 Å². The number of nitrogens with zero attached hydrogens (tertiary/aromatic N) is 2. The molecular formula is C69H55BN2O2. The van der Waals surface area contributed by atoms with E-state index < -0.39 is 5.41 Å². The lowest BCUT2D eigenvalue weighted by molar-refractivity contribution is 0.332. The maximum absolute atomic E-state index is 7.86. The Balaban J connectivity index is 1.11. The molecule has 16 rings (SSSR count). The van der Waals surface area contributed by atoms with Gasteiger partial charge in [0.2, 0.25) is 0 Å². The highest BCUT2D eigenvalue weighted by Crippen LogP contribution is 2.66. The second-order valence-electron chi connectivity index (χ2n) is 24.2. The first-order valence-corrected chi connectivity index (χ1v) is 26.7. The second-order valence-corrected chi connectivity index (χ2v) is 24.2. The van der Waals surface area contributed by atoms with Crippen LogP contribution < -0.4 is 20.8 Å². The zero-order chi connectivity index (χ0) is 49.8. The molecule has 2 aromatic heterocycles. The fourth-order valence-corrected chi connectivity index (χ4v) is 14.6. The first kappa shape index (κ1) is 42.5. The summed E-state index contributed by atoms with van der Waals surface area (Å²) < 4.78 is 15.1. The van der Waals surface area contributed by atoms with Crippen molar-refractivity contribution >= 4 is 79.3 Å². The maximum atomic E-state index is 7.86. The first-order chi connectivity index (χ1) is 35.8. The van der Waals surface area contributed by atoms with Crippen molar-refractivity contribution in [3.63, 3.8) is 0 Å². The number of anilines is 5. The molecule has 0 N–H and O–H groups in total. The Morgan fingerprint density at radius 2 is 1.09 bits per heavy atom. The van der Waals surface area contributed by atoms with Crippen LogP contribution in [0.15, 0.2) is 191 Å². The normalized spacial score (nSPS) is 16.7. The first-order valence-electron chi connectivity index (χ1n) is 26.7. The van der Waals surface area contributed by atoms with Gasteiger partial charge in [-0.25, -0.2) is 0 Å². The van der Waals surface area contributed by atoms with Gasteiger partial charge in [0.15, 0.2) is 0 Å². The maximum Gasteiger partial charge on any atom is 0.376 e. The minimum Gasteiger partial charge on any atom is -0.466 e. The van der Waals surface area contributed by atoms with Crippen LogP contribution in [0.2, 0.25) is 0 Å². The van der Waals surface area contributed by atoms with Gasteiger partial charge < -0.3 is 18.5 Å². The predicted molar refractivity (Wildman–Crippen MR) is 307 cm³/mol. The van der Waals surface area contributed by atoms with Crippen LogP contribution in [0, 0.1) is 0 Å². The Kier molecular flexibility index (Phi) is 8.14. The summed E-state index contributed by atoms with van der Waals surface area (Å²) >= 11 is 0. The SMILES string of the molecule is CC(C)(C)c1ccc(N2c3cc4c(oc5ccccc54)c4c3B(c3oc5cc6c(cc5c32)C(C)(C)CCC6(C)C)N2c3ccccc3C3(c5ccccc5-c5ccccc53)c3cccc-4c32)c(-c2ccccc2)c1. The van der Waals surface area contributed by atoms with Gasteiger partial charge in [-0.3, -0.25) is 0 Å². The lowest BCUT2D eigenvalue weighted by Gasteiger charge is -2.51. The van der Waals surface area contributed by atoms with Crippen molar-refractivity contribution in [1.29, 1.82) is 0 Å². The summed E-state index contributed by atoms with van der Waals surface area (Å²) in [5.74, 6) is 0. The van der Waals surface area contributed by atoms with Crippen LogP contribution in [0.25, 0.3) is 66.3 Å². The molecule has 0 atom stereocenters. The topological polar surface area (TPSA) is 32.8 Å². The van der Waals surface area contributed by atoms with Crippen LogP contribution in [-0.2, 0) is 21.7 Å². The van der Waals surface area contributed by atoms with Crippen molar-refractivity contribution < 1.29 is 8.83 Å². The van der Waals surface area contributed by atoms with Crippen molar-refractivity contribution in [3.05, 3.63) is 221 Å². The molecule has 3 aliphatic heterocycles. The largest absolute Gasteiger partial charge is 0.466 e. The summed E-state index contributed by atoms with van der Waals surface area (Å²) in [6.07, 6.45) is 2.24. The smallest absolute Gasteiger partial charge is 0.376 e. The molecule has 0 bridgehead atoms. The number of hydrogen-bond donors (Lipinski definition) is 0. The molecule has 0 saturated heterocycles. The molecule has 11 aromatic rings. The standard InChI is InChI=1S/C69H55BN2O2/c1-66(2,3)41-32-33-55(46(36-41)40-20-9-8-10-21-40)71-57-38-47-44-24-13-18-31-58(44)73-64(47)60-45-25-19-29-52-62(45)72(56-30-17-16-28-51(56)69(52)49-26-14-11-22-42(49)43-23-12-15-27-50(43)69)70(61(57)60)65-63(71)48-37-53-54(39-59(48)74-65)68(6,7)35-34-67(53,4)5/h8-33,36-39H,34-35H2,1-7H3. The van der Waals surface area contributed by atoms with Crippen LogP contribution >= 0.6 is 0 Å². The van der Waals surface area contributed by atoms with E-state index in [-0.39, 0.29) is 23.1 Å². The number of para-hydroxylation sites is 3. The Morgan fingerprint density at radius 1 is 0.459 bits per heavy atom. The van der Waals surface area contributed by atoms with Gasteiger partial charge in [-0.15, -0.1) is 0 Å². The van der Waals surface area contributed by atoms with E-state index in [1.807, 2.05) is 0 Å². The minimum absolute atomic E-state index is 0.0103. The molecule has 0 unspecified atom stereocenters. The molecule has 2 aliphatic carbocycles. The molecule has 74 heavy (non-hydrogen) atoms. The van der Waals surface area contributed by atoms with Gasteiger partial charge in [0, 0.05) is 49.9 Å². The summed E-state index contributed by atoms with van der Waals surface area (Å²) in [5, 5.41) is 3.36. The Labute approximate surface area is 433 Å². The average Bonchev–Trinajstić information content (AvgIpc) is 4.13. The van der Waals surface area contributed by atoms with Crippen molar-refractivity contribution in [1.82, 2.24) is 0 Å². The predicted octanol–water partition coefficient (Wildman–Crippen LogP) is 17.0. The fraction of sp³-hybridized carbons (Fsp3) is 0.188. The lowest BCUT2D eigenvalue weighted by Crippen LogP contribution is -2.62. The van der Waals surface area contributed by atoms with Crippen LogP contribution in [0.4, 0.5) is 28.4 Å². The van der Waals surface area contributed by atoms with E-state index in [4.69, 9.17) is 8.83 Å². The summed E-state index contributed by atoms with van der Waals surface area (Å²) in [6, 6.07) is 68.9. The third kappa shape index (κ3) is 5.25. The van der Waals surface area contributed by atoms with E-state index >= 15 is 0 Å². The highest BCUT2D eigenvalue weighted by atomic mass is 16.3. The average molecular weight is 955 g/mol. The lowest BCUT2D eigenvalue weighted by atomic mass is 9.44. The van der Waals surface area contributed by atoms with Crippen LogP contribution in [-0.4, -0.2) is 6.85 Å². The van der Waals surface area contributed by atoms with Crippen LogP contribution in [0.5, 0.6) is 0 Å². The zero-order valence-corrected chi connectivity index (χ0v) is 43.0. The number of rotatable bonds is 2. The highest BCUT2D eigenvalue weighted by Gasteiger charge is 2.58. The van der Waals surface area contributed by atoms with Crippen molar-refractivity contribution in [2.45, 2.75) is 83.0 Å². The summed E-state index contributed by atoms with van der Waals surface area (Å²) in [7, 11) is 0. The number of benzene rings is 9. The third-order valence-electron chi connectivity index (χ3n) is 18.3. The highest BCUT2D eigenvalue weighted by molar-refractivity contribution is 6.93. The number of furan rings is 2. The van der Waals surface area contributed by atoms with Gasteiger partial charge in [-0.2, -0.15) is 0 Å². The van der Waals surface area contributed by atoms with E-state index in [0.29, 0.717) is 0 Å². The van der Waals surface area contributed by atoms with E-state index in [2.05, 4.69) is 240 Å². The Hall–Kier alpha value is -8.02. The fourth-order valence-electron chi connectivity index (χ4n) is 14.6. The summed E-state index contributed by atoms with van der Waals surface area (Å²) in [6.45, 7) is 16.3. The van der Waals surface area contributed by atoms with E-state index in [9.17, 15) is 0 Å². The van der Waals surface area contributed by atoms with Gasteiger partial charge in [0.25, 0.3) is 0 Å². The molecule has 5 heterocycles. The van der Waals surface area contributed by atoms with Crippen molar-refractivity contribution in [2.75, 3.05) is 9.71 Å². The van der Waals surface area contributed by atoms with E-state index in [1.165, 1.54) is 83.6 Å². The second kappa shape index (κ2) is 14.2. The third-order valence-corrected chi connectivity index (χ3v) is 18.3. The van der Waals surface area contributed by atoms with Crippen molar-refractivity contribution in [2.24, 2.45) is 0 Å². The molecule has 0 saturated carbocycles. The molecule has 9 aromatic carbocycles.